The van der Waals surface area contributed by atoms with E-state index in [0.29, 0.717) is 24.6 Å². The Hall–Kier alpha value is -2.15. The Bertz CT molecular complexity index is 596. The number of hydrogen-bond donors (Lipinski definition) is 0. The molecule has 0 saturated heterocycles. The summed E-state index contributed by atoms with van der Waals surface area (Å²) in [6, 6.07) is 3.66. The van der Waals surface area contributed by atoms with Crippen LogP contribution in [0, 0.1) is 0 Å². The van der Waals surface area contributed by atoms with E-state index in [9.17, 15) is 9.59 Å². The van der Waals surface area contributed by atoms with E-state index in [1.165, 1.54) is 11.3 Å². The minimum absolute atomic E-state index is 0.0325. The Morgan fingerprint density at radius 2 is 2.26 bits per heavy atom. The molecule has 124 valence electrons. The van der Waals surface area contributed by atoms with E-state index in [1.807, 2.05) is 22.2 Å². The Morgan fingerprint density at radius 3 is 2.91 bits per heavy atom. The average molecular weight is 335 g/mol. The molecule has 0 spiro atoms. The molecule has 0 aliphatic heterocycles. The van der Waals surface area contributed by atoms with Crippen LogP contribution in [0.3, 0.4) is 0 Å². The van der Waals surface area contributed by atoms with Crippen molar-refractivity contribution in [3.05, 3.63) is 41.1 Å². The molecule has 0 atom stereocenters. The number of thiophene rings is 1. The van der Waals surface area contributed by atoms with Crippen LogP contribution >= 0.6 is 11.3 Å². The van der Waals surface area contributed by atoms with E-state index in [-0.39, 0.29) is 18.3 Å². The molecule has 0 unspecified atom stereocenters. The Balaban J connectivity index is 1.90. The lowest BCUT2D eigenvalue weighted by Crippen LogP contribution is -2.34. The zero-order valence-electron chi connectivity index (χ0n) is 13.2. The molecular formula is C16H21N3O3S. The summed E-state index contributed by atoms with van der Waals surface area (Å²) in [4.78, 5) is 30.5. The minimum atomic E-state index is -0.272. The molecule has 0 saturated carbocycles. The highest BCUT2D eigenvalue weighted by Crippen LogP contribution is 2.13. The third kappa shape index (κ3) is 5.52. The second kappa shape index (κ2) is 9.09. The summed E-state index contributed by atoms with van der Waals surface area (Å²) in [6.07, 6.45) is 6.40. The highest BCUT2D eigenvalue weighted by Gasteiger charge is 2.17. The molecule has 0 aliphatic rings. The molecule has 6 nitrogen and oxygen atoms in total. The van der Waals surface area contributed by atoms with Crippen LogP contribution in [0.4, 0.5) is 0 Å². The fourth-order valence-electron chi connectivity index (χ4n) is 2.19. The molecule has 0 aliphatic carbocycles. The van der Waals surface area contributed by atoms with Crippen molar-refractivity contribution in [3.8, 4) is 0 Å². The predicted molar refractivity (Wildman–Crippen MR) is 88.3 cm³/mol. The molecule has 2 aromatic heterocycles. The van der Waals surface area contributed by atoms with Crippen molar-refractivity contribution in [3.63, 3.8) is 0 Å². The van der Waals surface area contributed by atoms with Gasteiger partial charge in [0, 0.05) is 32.0 Å². The second-order valence-corrected chi connectivity index (χ2v) is 5.93. The van der Waals surface area contributed by atoms with Gasteiger partial charge in [-0.3, -0.25) is 9.59 Å². The number of nitrogens with zero attached hydrogens (tertiary/aromatic N) is 3. The number of carbonyl (C=O) groups is 2. The number of rotatable bonds is 9. The third-order valence-electron chi connectivity index (χ3n) is 3.31. The van der Waals surface area contributed by atoms with E-state index in [0.717, 1.165) is 13.0 Å². The van der Waals surface area contributed by atoms with Gasteiger partial charge in [0.15, 0.2) is 0 Å². The number of ether oxygens (including phenoxy) is 1. The Kier molecular flexibility index (Phi) is 6.80. The zero-order chi connectivity index (χ0) is 16.5. The number of aromatic nitrogens is 2. The number of hydrogen-bond acceptors (Lipinski definition) is 5. The van der Waals surface area contributed by atoms with Gasteiger partial charge in [0.2, 0.25) is 0 Å². The van der Waals surface area contributed by atoms with Gasteiger partial charge >= 0.3 is 5.97 Å². The van der Waals surface area contributed by atoms with Crippen LogP contribution in [-0.4, -0.2) is 46.0 Å². The summed E-state index contributed by atoms with van der Waals surface area (Å²) < 4.78 is 6.91. The lowest BCUT2D eigenvalue weighted by Gasteiger charge is -2.22. The van der Waals surface area contributed by atoms with Crippen molar-refractivity contribution in [1.29, 1.82) is 0 Å². The van der Waals surface area contributed by atoms with Crippen LogP contribution in [0.2, 0.25) is 0 Å². The van der Waals surface area contributed by atoms with Crippen molar-refractivity contribution in [2.75, 3.05) is 19.7 Å². The first-order chi connectivity index (χ1) is 11.2. The molecule has 2 aromatic rings. The molecule has 0 N–H and O–H groups in total. The zero-order valence-corrected chi connectivity index (χ0v) is 14.0. The number of imidazole rings is 1. The first-order valence-electron chi connectivity index (χ1n) is 7.65. The van der Waals surface area contributed by atoms with Crippen molar-refractivity contribution in [2.24, 2.45) is 0 Å². The SMILES string of the molecule is CCOC(=O)CCN(CCCn1ccnc1)C(=O)c1cccs1. The molecule has 0 bridgehead atoms. The molecular weight excluding hydrogens is 314 g/mol. The largest absolute Gasteiger partial charge is 0.466 e. The van der Waals surface area contributed by atoms with Gasteiger partial charge in [-0.15, -0.1) is 11.3 Å². The molecule has 7 heteroatoms. The summed E-state index contributed by atoms with van der Waals surface area (Å²) in [5.41, 5.74) is 0. The number of carbonyl (C=O) groups excluding carboxylic acids is 2. The quantitative estimate of drug-likeness (QED) is 0.660. The first-order valence-corrected chi connectivity index (χ1v) is 8.52. The number of aryl methyl sites for hydroxylation is 1. The predicted octanol–water partition coefficient (Wildman–Crippen LogP) is 2.43. The normalized spacial score (nSPS) is 10.5. The van der Waals surface area contributed by atoms with Gasteiger partial charge in [-0.25, -0.2) is 4.98 Å². The average Bonchev–Trinajstić information content (AvgIpc) is 3.23. The minimum Gasteiger partial charge on any atom is -0.466 e. The second-order valence-electron chi connectivity index (χ2n) is 4.98. The van der Waals surface area contributed by atoms with E-state index in [4.69, 9.17) is 4.74 Å². The van der Waals surface area contributed by atoms with E-state index < -0.39 is 0 Å². The Labute approximate surface area is 139 Å². The molecule has 0 aromatic carbocycles. The maximum atomic E-state index is 12.5. The molecule has 2 heterocycles. The van der Waals surface area contributed by atoms with Crippen LogP contribution in [0.15, 0.2) is 36.2 Å². The summed E-state index contributed by atoms with van der Waals surface area (Å²) in [7, 11) is 0. The van der Waals surface area contributed by atoms with Gasteiger partial charge in [0.25, 0.3) is 5.91 Å². The molecule has 23 heavy (non-hydrogen) atoms. The molecule has 1 amide bonds. The Morgan fingerprint density at radius 1 is 1.39 bits per heavy atom. The molecule has 2 rings (SSSR count). The van der Waals surface area contributed by atoms with E-state index in [1.54, 1.807) is 30.4 Å². The van der Waals surface area contributed by atoms with Crippen LogP contribution in [0.5, 0.6) is 0 Å². The lowest BCUT2D eigenvalue weighted by atomic mass is 10.3. The molecule has 0 fully saturated rings. The van der Waals surface area contributed by atoms with Gasteiger partial charge in [0.1, 0.15) is 0 Å². The van der Waals surface area contributed by atoms with E-state index in [2.05, 4.69) is 4.98 Å². The van der Waals surface area contributed by atoms with Gasteiger partial charge in [0.05, 0.1) is 24.2 Å². The van der Waals surface area contributed by atoms with E-state index >= 15 is 0 Å². The smallest absolute Gasteiger partial charge is 0.307 e. The van der Waals surface area contributed by atoms with Crippen LogP contribution in [0.1, 0.15) is 29.4 Å². The van der Waals surface area contributed by atoms with Crippen molar-refractivity contribution >= 4 is 23.2 Å². The van der Waals surface area contributed by atoms with Crippen LogP contribution in [0.25, 0.3) is 0 Å². The van der Waals surface area contributed by atoms with Gasteiger partial charge < -0.3 is 14.2 Å². The van der Waals surface area contributed by atoms with Crippen LogP contribution < -0.4 is 0 Å². The summed E-state index contributed by atoms with van der Waals surface area (Å²) >= 11 is 1.41. The maximum Gasteiger partial charge on any atom is 0.307 e. The maximum absolute atomic E-state index is 12.5. The number of amides is 1. The first kappa shape index (κ1) is 17.2. The number of esters is 1. The monoisotopic (exact) mass is 335 g/mol. The van der Waals surface area contributed by atoms with Gasteiger partial charge in [-0.05, 0) is 24.8 Å². The standard InChI is InChI=1S/C16H21N3O3S/c1-2-22-15(20)6-10-19(16(21)14-5-3-12-23-14)9-4-8-18-11-7-17-13-18/h3,5,7,11-13H,2,4,6,8-10H2,1H3. The summed E-state index contributed by atoms with van der Waals surface area (Å²) in [5.74, 6) is -0.305. The highest BCUT2D eigenvalue weighted by atomic mass is 32.1. The highest BCUT2D eigenvalue weighted by molar-refractivity contribution is 7.12. The van der Waals surface area contributed by atoms with Crippen molar-refractivity contribution < 1.29 is 14.3 Å². The summed E-state index contributed by atoms with van der Waals surface area (Å²) in [5, 5.41) is 1.88. The summed E-state index contributed by atoms with van der Waals surface area (Å²) in [6.45, 7) is 3.89. The van der Waals surface area contributed by atoms with Gasteiger partial charge in [-0.2, -0.15) is 0 Å². The van der Waals surface area contributed by atoms with Gasteiger partial charge in [-0.1, -0.05) is 6.07 Å². The molecule has 0 radical (unpaired) electrons. The fourth-order valence-corrected chi connectivity index (χ4v) is 2.88. The topological polar surface area (TPSA) is 64.4 Å². The third-order valence-corrected chi connectivity index (χ3v) is 4.17. The fraction of sp³-hybridized carbons (Fsp3) is 0.438. The lowest BCUT2D eigenvalue weighted by molar-refractivity contribution is -0.143. The van der Waals surface area contributed by atoms with Crippen LogP contribution in [-0.2, 0) is 16.1 Å². The van der Waals surface area contributed by atoms with Crippen molar-refractivity contribution in [2.45, 2.75) is 26.3 Å². The van der Waals surface area contributed by atoms with Crippen molar-refractivity contribution in [1.82, 2.24) is 14.5 Å².